The third kappa shape index (κ3) is 2.95. The van der Waals surface area contributed by atoms with Crippen molar-refractivity contribution in [1.82, 2.24) is 10.2 Å². The number of fused-ring (bicyclic) bond motifs is 1. The summed E-state index contributed by atoms with van der Waals surface area (Å²) >= 11 is 0. The second-order valence-electron chi connectivity index (χ2n) is 6.93. The van der Waals surface area contributed by atoms with E-state index in [0.29, 0.717) is 31.7 Å². The largest absolute Gasteiger partial charge is 0.373 e. The molecule has 0 radical (unpaired) electrons. The molecule has 1 aromatic rings. The predicted molar refractivity (Wildman–Crippen MR) is 93.5 cm³/mol. The lowest BCUT2D eigenvalue weighted by atomic mass is 10.0. The summed E-state index contributed by atoms with van der Waals surface area (Å²) in [6, 6.07) is 5.26. The van der Waals surface area contributed by atoms with Crippen LogP contribution in [0, 0.1) is 0 Å². The molecule has 0 bridgehead atoms. The molecule has 2 saturated heterocycles. The minimum atomic E-state index is -0.575. The molecule has 0 aromatic heterocycles. The normalized spacial score (nSPS) is 23.1. The van der Waals surface area contributed by atoms with Gasteiger partial charge in [-0.15, -0.1) is 0 Å². The highest BCUT2D eigenvalue weighted by molar-refractivity contribution is 6.05. The zero-order valence-electron chi connectivity index (χ0n) is 14.4. The first-order chi connectivity index (χ1) is 12.6. The number of carbonyl (C=O) groups excluding carboxylic acids is 3. The van der Waals surface area contributed by atoms with Gasteiger partial charge in [0.25, 0.3) is 5.91 Å². The molecule has 138 valence electrons. The third-order valence-electron chi connectivity index (χ3n) is 5.20. The molecule has 4 rings (SSSR count). The molecule has 0 aliphatic carbocycles. The molecule has 3 heterocycles. The molecule has 3 aliphatic heterocycles. The molecule has 1 unspecified atom stereocenters. The number of piperidine rings is 1. The minimum Gasteiger partial charge on any atom is -0.373 e. The van der Waals surface area contributed by atoms with Crippen molar-refractivity contribution in [3.8, 4) is 0 Å². The van der Waals surface area contributed by atoms with Crippen molar-refractivity contribution in [2.24, 2.45) is 5.73 Å². The van der Waals surface area contributed by atoms with Gasteiger partial charge in [-0.25, -0.2) is 0 Å². The summed E-state index contributed by atoms with van der Waals surface area (Å²) in [5.74, 6) is -0.806. The highest BCUT2D eigenvalue weighted by Crippen LogP contribution is 2.32. The van der Waals surface area contributed by atoms with Gasteiger partial charge >= 0.3 is 0 Å². The van der Waals surface area contributed by atoms with E-state index >= 15 is 0 Å². The van der Waals surface area contributed by atoms with E-state index in [1.165, 1.54) is 0 Å². The summed E-state index contributed by atoms with van der Waals surface area (Å²) in [6.07, 6.45) is 0.825. The summed E-state index contributed by atoms with van der Waals surface area (Å²) in [6.45, 7) is 3.04. The zero-order chi connectivity index (χ0) is 18.3. The molecular weight excluding hydrogens is 336 g/mol. The van der Waals surface area contributed by atoms with Crippen LogP contribution in [0.3, 0.4) is 0 Å². The summed E-state index contributed by atoms with van der Waals surface area (Å²) < 4.78 is 5.60. The Hall–Kier alpha value is -2.45. The van der Waals surface area contributed by atoms with E-state index in [9.17, 15) is 14.4 Å². The standard InChI is InChI=1S/C18H22N4O4/c19-5-6-26-13-9-21(10-13)12-2-1-11-8-22(18(25)14(11)7-12)15-3-4-16(23)20-17(15)24/h1-2,7,13,15H,3-6,8-10,19H2,(H,20,23,24). The number of nitrogens with one attached hydrogen (secondary N) is 1. The lowest BCUT2D eigenvalue weighted by Gasteiger charge is -2.40. The lowest BCUT2D eigenvalue weighted by Crippen LogP contribution is -2.53. The molecule has 3 N–H and O–H groups in total. The second-order valence-corrected chi connectivity index (χ2v) is 6.93. The summed E-state index contributed by atoms with van der Waals surface area (Å²) in [4.78, 5) is 40.0. The van der Waals surface area contributed by atoms with Gasteiger partial charge in [0, 0.05) is 43.9 Å². The Morgan fingerprint density at radius 3 is 2.77 bits per heavy atom. The van der Waals surface area contributed by atoms with Gasteiger partial charge in [0.15, 0.2) is 0 Å². The Labute approximate surface area is 151 Å². The highest BCUT2D eigenvalue weighted by Gasteiger charge is 2.39. The smallest absolute Gasteiger partial charge is 0.255 e. The third-order valence-corrected chi connectivity index (χ3v) is 5.20. The Kier molecular flexibility index (Phi) is 4.37. The zero-order valence-corrected chi connectivity index (χ0v) is 14.4. The van der Waals surface area contributed by atoms with Gasteiger partial charge in [0.2, 0.25) is 11.8 Å². The number of carbonyl (C=O) groups is 3. The number of amides is 3. The van der Waals surface area contributed by atoms with Crippen LogP contribution in [0.4, 0.5) is 5.69 Å². The Balaban J connectivity index is 1.45. The quantitative estimate of drug-likeness (QED) is 0.695. The monoisotopic (exact) mass is 358 g/mol. The molecule has 2 fully saturated rings. The molecule has 1 aromatic carbocycles. The number of hydrogen-bond donors (Lipinski definition) is 2. The van der Waals surface area contributed by atoms with Gasteiger partial charge in [-0.05, 0) is 24.1 Å². The number of anilines is 1. The fraction of sp³-hybridized carbons (Fsp3) is 0.500. The van der Waals surface area contributed by atoms with Gasteiger partial charge in [-0.1, -0.05) is 6.07 Å². The Bertz CT molecular complexity index is 760. The number of ether oxygens (including phenoxy) is 1. The number of imide groups is 1. The average Bonchev–Trinajstić information content (AvgIpc) is 2.90. The van der Waals surface area contributed by atoms with Crippen LogP contribution < -0.4 is 16.0 Å². The fourth-order valence-electron chi connectivity index (χ4n) is 3.73. The van der Waals surface area contributed by atoms with Crippen molar-refractivity contribution in [2.45, 2.75) is 31.5 Å². The van der Waals surface area contributed by atoms with Crippen molar-refractivity contribution in [3.05, 3.63) is 29.3 Å². The summed E-state index contributed by atoms with van der Waals surface area (Å²) in [5.41, 5.74) is 7.98. The molecule has 8 nitrogen and oxygen atoms in total. The maximum absolute atomic E-state index is 12.8. The summed E-state index contributed by atoms with van der Waals surface area (Å²) in [7, 11) is 0. The van der Waals surface area contributed by atoms with Crippen molar-refractivity contribution < 1.29 is 19.1 Å². The van der Waals surface area contributed by atoms with Gasteiger partial charge < -0.3 is 20.3 Å². The van der Waals surface area contributed by atoms with E-state index in [4.69, 9.17) is 10.5 Å². The van der Waals surface area contributed by atoms with E-state index in [1.807, 2.05) is 18.2 Å². The Morgan fingerprint density at radius 2 is 2.04 bits per heavy atom. The van der Waals surface area contributed by atoms with E-state index < -0.39 is 6.04 Å². The predicted octanol–water partition coefficient (Wildman–Crippen LogP) is -0.388. The van der Waals surface area contributed by atoms with Crippen molar-refractivity contribution in [2.75, 3.05) is 31.1 Å². The number of rotatable bonds is 5. The number of benzene rings is 1. The van der Waals surface area contributed by atoms with Gasteiger partial charge in [-0.3, -0.25) is 19.7 Å². The van der Waals surface area contributed by atoms with Crippen molar-refractivity contribution in [1.29, 1.82) is 0 Å². The molecule has 3 aliphatic rings. The van der Waals surface area contributed by atoms with Crippen molar-refractivity contribution in [3.63, 3.8) is 0 Å². The first-order valence-electron chi connectivity index (χ1n) is 8.91. The Morgan fingerprint density at radius 1 is 1.23 bits per heavy atom. The summed E-state index contributed by atoms with van der Waals surface area (Å²) in [5, 5.41) is 2.32. The second kappa shape index (κ2) is 6.69. The first-order valence-corrected chi connectivity index (χ1v) is 8.91. The van der Waals surface area contributed by atoms with Crippen LogP contribution in [0.15, 0.2) is 18.2 Å². The number of nitrogens with two attached hydrogens (primary N) is 1. The van der Waals surface area contributed by atoms with E-state index in [-0.39, 0.29) is 30.2 Å². The first kappa shape index (κ1) is 17.0. The van der Waals surface area contributed by atoms with Crippen molar-refractivity contribution >= 4 is 23.4 Å². The van der Waals surface area contributed by atoms with Gasteiger partial charge in [-0.2, -0.15) is 0 Å². The van der Waals surface area contributed by atoms with E-state index in [2.05, 4.69) is 10.2 Å². The van der Waals surface area contributed by atoms with E-state index in [1.54, 1.807) is 4.90 Å². The molecule has 26 heavy (non-hydrogen) atoms. The van der Waals surface area contributed by atoms with Gasteiger partial charge in [0.1, 0.15) is 6.04 Å². The number of nitrogens with zero attached hydrogens (tertiary/aromatic N) is 2. The van der Waals surface area contributed by atoms with Crippen LogP contribution in [0.2, 0.25) is 0 Å². The molecule has 3 amide bonds. The van der Waals surface area contributed by atoms with E-state index in [0.717, 1.165) is 24.3 Å². The van der Waals surface area contributed by atoms with Crippen LogP contribution >= 0.6 is 0 Å². The average molecular weight is 358 g/mol. The molecule has 1 atom stereocenters. The van der Waals surface area contributed by atoms with Crippen LogP contribution in [-0.4, -0.2) is 61.0 Å². The van der Waals surface area contributed by atoms with Crippen LogP contribution in [-0.2, 0) is 20.9 Å². The highest BCUT2D eigenvalue weighted by atomic mass is 16.5. The van der Waals surface area contributed by atoms with Crippen LogP contribution in [0.25, 0.3) is 0 Å². The maximum atomic E-state index is 12.8. The maximum Gasteiger partial charge on any atom is 0.255 e. The van der Waals surface area contributed by atoms with Crippen LogP contribution in [0.1, 0.15) is 28.8 Å². The SMILES string of the molecule is NCCOC1CN(c2ccc3c(c2)C(=O)N(C2CCC(=O)NC2=O)C3)C1. The van der Waals surface area contributed by atoms with Crippen LogP contribution in [0.5, 0.6) is 0 Å². The molecule has 0 saturated carbocycles. The lowest BCUT2D eigenvalue weighted by molar-refractivity contribution is -0.136. The van der Waals surface area contributed by atoms with Gasteiger partial charge in [0.05, 0.1) is 12.7 Å². The number of hydrogen-bond acceptors (Lipinski definition) is 6. The molecular formula is C18H22N4O4. The fourth-order valence-corrected chi connectivity index (χ4v) is 3.73. The molecule has 8 heteroatoms. The topological polar surface area (TPSA) is 105 Å². The minimum absolute atomic E-state index is 0.146. The molecule has 0 spiro atoms.